The monoisotopic (exact) mass is 493 g/mol. The van der Waals surface area contributed by atoms with Gasteiger partial charge in [0.15, 0.2) is 0 Å². The lowest BCUT2D eigenvalue weighted by Gasteiger charge is -2.25. The number of hydrogen-bond acceptors (Lipinski definition) is 5. The van der Waals surface area contributed by atoms with E-state index < -0.39 is 22.5 Å². The number of hydrogen-bond donors (Lipinski definition) is 1. The van der Waals surface area contributed by atoms with Crippen LogP contribution in [0.15, 0.2) is 88.9 Å². The van der Waals surface area contributed by atoms with Crippen LogP contribution in [-0.4, -0.2) is 33.7 Å². The number of rotatable bonds is 11. The van der Waals surface area contributed by atoms with Crippen molar-refractivity contribution >= 4 is 27.8 Å². The molecule has 7 nitrogen and oxygen atoms in total. The second kappa shape index (κ2) is 12.2. The molecule has 0 aromatic heterocycles. The first-order valence-corrected chi connectivity index (χ1v) is 13.0. The zero-order chi connectivity index (χ0) is 25.3. The number of nitrogens with zero attached hydrogens (tertiary/aromatic N) is 2. The number of benzene rings is 3. The van der Waals surface area contributed by atoms with Gasteiger partial charge in [-0.2, -0.15) is 5.10 Å². The fraction of sp³-hybridized carbons (Fsp3) is 0.259. The van der Waals surface area contributed by atoms with E-state index in [1.165, 1.54) is 18.3 Å². The molecule has 1 N–H and O–H groups in total. The quantitative estimate of drug-likeness (QED) is 0.312. The molecule has 0 spiro atoms. The number of para-hydroxylation sites is 1. The van der Waals surface area contributed by atoms with Crippen LogP contribution in [0.1, 0.15) is 31.9 Å². The Hall–Kier alpha value is -3.65. The van der Waals surface area contributed by atoms with E-state index in [0.29, 0.717) is 24.6 Å². The van der Waals surface area contributed by atoms with Gasteiger partial charge in [0.1, 0.15) is 12.3 Å². The van der Waals surface area contributed by atoms with E-state index in [0.717, 1.165) is 21.2 Å². The average molecular weight is 494 g/mol. The third-order valence-electron chi connectivity index (χ3n) is 5.13. The third-order valence-corrected chi connectivity index (χ3v) is 6.90. The van der Waals surface area contributed by atoms with Gasteiger partial charge in [-0.25, -0.2) is 13.8 Å². The maximum atomic E-state index is 13.5. The van der Waals surface area contributed by atoms with Gasteiger partial charge in [0, 0.05) is 0 Å². The molecule has 0 radical (unpaired) electrons. The van der Waals surface area contributed by atoms with Crippen molar-refractivity contribution in [2.24, 2.45) is 11.0 Å². The molecule has 0 aliphatic heterocycles. The summed E-state index contributed by atoms with van der Waals surface area (Å²) in [5.41, 5.74) is 4.50. The molecule has 3 rings (SSSR count). The minimum absolute atomic E-state index is 0.113. The van der Waals surface area contributed by atoms with Gasteiger partial charge in [0.2, 0.25) is 0 Å². The smallest absolute Gasteiger partial charge is 0.264 e. The molecule has 0 aliphatic carbocycles. The lowest BCUT2D eigenvalue weighted by Crippen LogP contribution is -2.40. The molecular formula is C27H31N3O4S. The van der Waals surface area contributed by atoms with Crippen LogP contribution in [0.4, 0.5) is 5.69 Å². The highest BCUT2D eigenvalue weighted by Crippen LogP contribution is 2.27. The predicted molar refractivity (Wildman–Crippen MR) is 139 cm³/mol. The van der Waals surface area contributed by atoms with Gasteiger partial charge in [-0.1, -0.05) is 57.2 Å². The number of ether oxygens (including phenoxy) is 1. The second-order valence-electron chi connectivity index (χ2n) is 8.37. The SMILES string of the molecule is CCc1ccccc1N(CC(=O)N/N=C\c1ccc(OCC(C)C)cc1)S(=O)(=O)c1ccccc1. The van der Waals surface area contributed by atoms with Crippen LogP contribution in [-0.2, 0) is 21.2 Å². The molecule has 8 heteroatoms. The highest BCUT2D eigenvalue weighted by Gasteiger charge is 2.28. The number of hydrazone groups is 1. The Morgan fingerprint density at radius 1 is 1.00 bits per heavy atom. The Balaban J connectivity index is 1.75. The van der Waals surface area contributed by atoms with Crippen molar-refractivity contribution in [2.75, 3.05) is 17.5 Å². The molecule has 0 heterocycles. The first-order valence-electron chi connectivity index (χ1n) is 11.5. The lowest BCUT2D eigenvalue weighted by molar-refractivity contribution is -0.119. The highest BCUT2D eigenvalue weighted by atomic mass is 32.2. The van der Waals surface area contributed by atoms with Crippen molar-refractivity contribution in [2.45, 2.75) is 32.1 Å². The largest absolute Gasteiger partial charge is 0.493 e. The van der Waals surface area contributed by atoms with Crippen LogP contribution in [0.5, 0.6) is 5.75 Å². The maximum absolute atomic E-state index is 13.5. The molecule has 0 fully saturated rings. The number of carbonyl (C=O) groups is 1. The van der Waals surface area contributed by atoms with Crippen LogP contribution < -0.4 is 14.5 Å². The Labute approximate surface area is 207 Å². The van der Waals surface area contributed by atoms with Crippen molar-refractivity contribution in [1.82, 2.24) is 5.43 Å². The summed E-state index contributed by atoms with van der Waals surface area (Å²) in [7, 11) is -3.97. The zero-order valence-corrected chi connectivity index (χ0v) is 21.0. The first kappa shape index (κ1) is 26.0. The average Bonchev–Trinajstić information content (AvgIpc) is 2.87. The van der Waals surface area contributed by atoms with E-state index in [-0.39, 0.29) is 4.90 Å². The van der Waals surface area contributed by atoms with Crippen LogP contribution in [0.2, 0.25) is 0 Å². The molecule has 0 atom stereocenters. The highest BCUT2D eigenvalue weighted by molar-refractivity contribution is 7.92. The van der Waals surface area contributed by atoms with E-state index >= 15 is 0 Å². The van der Waals surface area contributed by atoms with E-state index in [4.69, 9.17) is 4.74 Å². The summed E-state index contributed by atoms with van der Waals surface area (Å²) in [4.78, 5) is 12.9. The van der Waals surface area contributed by atoms with Gasteiger partial charge in [-0.3, -0.25) is 9.10 Å². The Kier molecular flexibility index (Phi) is 9.03. The van der Waals surface area contributed by atoms with Crippen LogP contribution in [0.3, 0.4) is 0 Å². The Morgan fingerprint density at radius 3 is 2.31 bits per heavy atom. The first-order chi connectivity index (χ1) is 16.8. The molecule has 3 aromatic rings. The number of aryl methyl sites for hydroxylation is 1. The third kappa shape index (κ3) is 7.16. The van der Waals surface area contributed by atoms with E-state index in [2.05, 4.69) is 24.4 Å². The topological polar surface area (TPSA) is 88.1 Å². The fourth-order valence-corrected chi connectivity index (χ4v) is 4.81. The molecule has 3 aromatic carbocycles. The summed E-state index contributed by atoms with van der Waals surface area (Å²) in [5, 5.41) is 4.00. The second-order valence-corrected chi connectivity index (χ2v) is 10.2. The normalized spacial score (nSPS) is 11.5. The Morgan fingerprint density at radius 2 is 1.66 bits per heavy atom. The van der Waals surface area contributed by atoms with Gasteiger partial charge < -0.3 is 4.74 Å². The van der Waals surface area contributed by atoms with Crippen molar-refractivity contribution in [3.63, 3.8) is 0 Å². The van der Waals surface area contributed by atoms with Gasteiger partial charge in [-0.05, 0) is 65.9 Å². The van der Waals surface area contributed by atoms with Crippen molar-refractivity contribution in [1.29, 1.82) is 0 Å². The summed E-state index contributed by atoms with van der Waals surface area (Å²) in [5.74, 6) is 0.640. The summed E-state index contributed by atoms with van der Waals surface area (Å²) in [6, 6.07) is 22.6. The van der Waals surface area contributed by atoms with Gasteiger partial charge in [0.25, 0.3) is 15.9 Å². The minimum atomic E-state index is -3.97. The zero-order valence-electron chi connectivity index (χ0n) is 20.2. The van der Waals surface area contributed by atoms with Gasteiger partial charge >= 0.3 is 0 Å². The summed E-state index contributed by atoms with van der Waals surface area (Å²) in [6.45, 7) is 6.32. The van der Waals surface area contributed by atoms with E-state index in [1.54, 1.807) is 30.3 Å². The Bertz CT molecular complexity index is 1240. The van der Waals surface area contributed by atoms with E-state index in [1.807, 2.05) is 43.3 Å². The number of carbonyl (C=O) groups excluding carboxylic acids is 1. The molecule has 0 saturated heterocycles. The van der Waals surface area contributed by atoms with Crippen molar-refractivity contribution in [3.8, 4) is 5.75 Å². The minimum Gasteiger partial charge on any atom is -0.493 e. The van der Waals surface area contributed by atoms with Crippen molar-refractivity contribution < 1.29 is 17.9 Å². The van der Waals surface area contributed by atoms with Crippen LogP contribution >= 0.6 is 0 Å². The molecule has 0 unspecified atom stereocenters. The van der Waals surface area contributed by atoms with Gasteiger partial charge in [-0.15, -0.1) is 0 Å². The van der Waals surface area contributed by atoms with E-state index in [9.17, 15) is 13.2 Å². The summed E-state index contributed by atoms with van der Waals surface area (Å²) in [6.07, 6.45) is 2.12. The summed E-state index contributed by atoms with van der Waals surface area (Å²) < 4.78 is 33.7. The number of amides is 1. The number of anilines is 1. The standard InChI is InChI=1S/C27H31N3O4S/c1-4-23-10-8-9-13-26(23)30(35(32,33)25-11-6-5-7-12-25)19-27(31)29-28-18-22-14-16-24(17-15-22)34-20-21(2)3/h5-18,21H,4,19-20H2,1-3H3,(H,29,31)/b28-18-. The lowest BCUT2D eigenvalue weighted by atomic mass is 10.1. The fourth-order valence-electron chi connectivity index (χ4n) is 3.33. The molecular weight excluding hydrogens is 462 g/mol. The summed E-state index contributed by atoms with van der Waals surface area (Å²) >= 11 is 0. The molecule has 0 aliphatic rings. The molecule has 35 heavy (non-hydrogen) atoms. The van der Waals surface area contributed by atoms with Crippen molar-refractivity contribution in [3.05, 3.63) is 90.0 Å². The number of sulfonamides is 1. The van der Waals surface area contributed by atoms with Crippen LogP contribution in [0.25, 0.3) is 0 Å². The molecule has 0 bridgehead atoms. The van der Waals surface area contributed by atoms with Gasteiger partial charge in [0.05, 0.1) is 23.4 Å². The number of nitrogens with one attached hydrogen (secondary N) is 1. The van der Waals surface area contributed by atoms with Crippen LogP contribution in [0, 0.1) is 5.92 Å². The maximum Gasteiger partial charge on any atom is 0.264 e. The molecule has 1 amide bonds. The predicted octanol–water partition coefficient (Wildman–Crippen LogP) is 4.63. The molecule has 184 valence electrons. The molecule has 0 saturated carbocycles.